The lowest BCUT2D eigenvalue weighted by Gasteiger charge is -2.24. The fourth-order valence-corrected chi connectivity index (χ4v) is 6.35. The average molecular weight is 749 g/mol. The molecule has 0 atom stereocenters. The van der Waals surface area contributed by atoms with Crippen molar-refractivity contribution in [1.82, 2.24) is 0 Å². The average Bonchev–Trinajstić information content (AvgIpc) is 3.19. The predicted molar refractivity (Wildman–Crippen MR) is 206 cm³/mol. The zero-order chi connectivity index (χ0) is 39.3. The molecule has 1 aliphatic carbocycles. The van der Waals surface area contributed by atoms with Gasteiger partial charge in [-0.15, -0.1) is 0 Å². The molecule has 0 amide bonds. The third-order valence-corrected chi connectivity index (χ3v) is 9.20. The molecule has 5 N–H and O–H groups in total. The number of carboxylic acid groups (broad SMARTS) is 1. The molecular weight excluding hydrogens is 704 g/mol. The predicted octanol–water partition coefficient (Wildman–Crippen LogP) is 7.39. The molecule has 4 aromatic rings. The molecule has 1 aliphatic rings. The molecule has 0 bridgehead atoms. The van der Waals surface area contributed by atoms with Crippen molar-refractivity contribution in [2.45, 2.75) is 57.8 Å². The van der Waals surface area contributed by atoms with Crippen molar-refractivity contribution in [3.8, 4) is 17.2 Å². The van der Waals surface area contributed by atoms with Gasteiger partial charge in [-0.3, -0.25) is 9.59 Å². The van der Waals surface area contributed by atoms with Gasteiger partial charge in [0.25, 0.3) is 0 Å². The van der Waals surface area contributed by atoms with E-state index in [1.54, 1.807) is 66.7 Å². The molecule has 0 saturated carbocycles. The molecular formula is C43H44N2O10. The number of hydrogen-bond donors (Lipinski definition) is 3. The summed E-state index contributed by atoms with van der Waals surface area (Å²) in [5, 5.41) is 10.0. The number of rotatable bonds is 20. The third-order valence-electron chi connectivity index (χ3n) is 9.20. The number of carboxylic acids is 1. The molecule has 0 unspecified atom stereocenters. The number of carbonyl (C=O) groups excluding carboxylic acids is 4. The van der Waals surface area contributed by atoms with Gasteiger partial charge in [0.15, 0.2) is 11.6 Å². The van der Waals surface area contributed by atoms with Crippen molar-refractivity contribution in [2.24, 2.45) is 0 Å². The van der Waals surface area contributed by atoms with E-state index in [1.165, 1.54) is 6.07 Å². The van der Waals surface area contributed by atoms with Crippen LogP contribution in [-0.2, 0) is 16.0 Å². The molecule has 12 heteroatoms. The summed E-state index contributed by atoms with van der Waals surface area (Å²) in [6.45, 7) is 4.72. The summed E-state index contributed by atoms with van der Waals surface area (Å²) in [7, 11) is 0. The van der Waals surface area contributed by atoms with Gasteiger partial charge in [0.05, 0.1) is 47.8 Å². The van der Waals surface area contributed by atoms with Crippen LogP contribution in [0.5, 0.6) is 17.2 Å². The fraction of sp³-hybridized carbons (Fsp3) is 0.279. The van der Waals surface area contributed by atoms with E-state index >= 15 is 0 Å². The second kappa shape index (κ2) is 19.1. The number of ether oxygens (including phenoxy) is 4. The minimum absolute atomic E-state index is 0.0182. The topological polar surface area (TPSA) is 195 Å². The van der Waals surface area contributed by atoms with Crippen molar-refractivity contribution >= 4 is 40.8 Å². The van der Waals surface area contributed by atoms with E-state index in [2.05, 4.69) is 6.58 Å². The number of nitrogen functional groups attached to an aromatic ring is 2. The first-order valence-electron chi connectivity index (χ1n) is 18.2. The number of hydrogen-bond acceptors (Lipinski definition) is 11. The lowest BCUT2D eigenvalue weighted by atomic mass is 9.79. The summed E-state index contributed by atoms with van der Waals surface area (Å²) in [4.78, 5) is 62.6. The highest BCUT2D eigenvalue weighted by Gasteiger charge is 2.37. The Hall–Kier alpha value is -6.43. The number of aromatic carboxylic acids is 1. The molecule has 5 rings (SSSR count). The Morgan fingerprint density at radius 2 is 1.13 bits per heavy atom. The number of nitrogens with two attached hydrogens (primary N) is 2. The first-order valence-corrected chi connectivity index (χ1v) is 18.2. The van der Waals surface area contributed by atoms with Crippen LogP contribution in [0.4, 0.5) is 11.4 Å². The van der Waals surface area contributed by atoms with Gasteiger partial charge in [0.2, 0.25) is 0 Å². The maximum absolute atomic E-state index is 13.4. The van der Waals surface area contributed by atoms with Gasteiger partial charge >= 0.3 is 17.9 Å². The highest BCUT2D eigenvalue weighted by molar-refractivity contribution is 6.33. The molecule has 0 aliphatic heterocycles. The number of fused-ring (bicyclic) bond motifs is 2. The Morgan fingerprint density at radius 3 is 1.67 bits per heavy atom. The molecule has 4 aromatic carbocycles. The molecule has 0 fully saturated rings. The molecule has 0 radical (unpaired) electrons. The molecule has 286 valence electrons. The van der Waals surface area contributed by atoms with Crippen LogP contribution in [0.3, 0.4) is 0 Å². The summed E-state index contributed by atoms with van der Waals surface area (Å²) in [5.74, 6) is -1.54. The number of carbonyl (C=O) groups is 5. The largest absolute Gasteiger partial charge is 0.494 e. The Balaban J connectivity index is 1.01. The first-order chi connectivity index (χ1) is 26.6. The first kappa shape index (κ1) is 39.8. The van der Waals surface area contributed by atoms with Gasteiger partial charge in [-0.2, -0.15) is 0 Å². The normalized spacial score (nSPS) is 11.6. The van der Waals surface area contributed by atoms with Crippen LogP contribution in [0.2, 0.25) is 0 Å². The molecule has 0 saturated heterocycles. The Labute approximate surface area is 319 Å². The number of ketones is 2. The van der Waals surface area contributed by atoms with Gasteiger partial charge in [-0.1, -0.05) is 43.7 Å². The van der Waals surface area contributed by atoms with Crippen LogP contribution >= 0.6 is 0 Å². The van der Waals surface area contributed by atoms with E-state index in [-0.39, 0.29) is 51.2 Å². The second-order valence-corrected chi connectivity index (χ2v) is 13.0. The zero-order valence-corrected chi connectivity index (χ0v) is 30.5. The monoisotopic (exact) mass is 748 g/mol. The lowest BCUT2D eigenvalue weighted by Crippen LogP contribution is -2.27. The van der Waals surface area contributed by atoms with Crippen LogP contribution in [0.15, 0.2) is 85.5 Å². The van der Waals surface area contributed by atoms with Crippen LogP contribution in [-0.4, -0.2) is 54.4 Å². The van der Waals surface area contributed by atoms with Crippen molar-refractivity contribution in [2.75, 3.05) is 31.3 Å². The smallest absolute Gasteiger partial charge is 0.343 e. The summed E-state index contributed by atoms with van der Waals surface area (Å²) >= 11 is 0. The van der Waals surface area contributed by atoms with Crippen molar-refractivity contribution in [3.05, 3.63) is 124 Å². The fourth-order valence-electron chi connectivity index (χ4n) is 6.35. The minimum Gasteiger partial charge on any atom is -0.494 e. The van der Waals surface area contributed by atoms with Gasteiger partial charge in [-0.25, -0.2) is 14.4 Å². The molecule has 0 spiro atoms. The van der Waals surface area contributed by atoms with E-state index in [0.717, 1.165) is 51.0 Å². The SMILES string of the molecule is C=CC(=O)OCCCCCCOc1ccc(OC(=O)c2ccc(OCCCCCCc3c(N)c4c(c(N)c3C(=O)O)C(=O)c3ccccc3C4=O)cc2)cc1. The maximum atomic E-state index is 13.4. The summed E-state index contributed by atoms with van der Waals surface area (Å²) in [6.07, 6.45) is 7.74. The highest BCUT2D eigenvalue weighted by atomic mass is 16.5. The van der Waals surface area contributed by atoms with Crippen molar-refractivity contribution in [3.63, 3.8) is 0 Å². The Morgan fingerprint density at radius 1 is 0.636 bits per heavy atom. The zero-order valence-electron chi connectivity index (χ0n) is 30.5. The number of esters is 2. The highest BCUT2D eigenvalue weighted by Crippen LogP contribution is 2.40. The second-order valence-electron chi connectivity index (χ2n) is 13.0. The van der Waals surface area contributed by atoms with E-state index in [4.69, 9.17) is 30.4 Å². The molecule has 0 aromatic heterocycles. The quantitative estimate of drug-likeness (QED) is 0.0235. The Kier molecular flexibility index (Phi) is 13.8. The number of unbranched alkanes of at least 4 members (excludes halogenated alkanes) is 6. The van der Waals surface area contributed by atoms with Gasteiger partial charge in [0.1, 0.15) is 17.2 Å². The third kappa shape index (κ3) is 9.96. The minimum atomic E-state index is -1.31. The van der Waals surface area contributed by atoms with Crippen LogP contribution in [0.25, 0.3) is 0 Å². The standard InChI is InChI=1S/C43H44N2O10/c1-2-34(46)54-26-12-6-5-11-25-53-29-20-22-30(23-21-29)55-43(51)27-16-18-28(19-17-27)52-24-10-4-3-7-15-33-35(42(49)50)39(45)37-36(38(33)44)40(47)31-13-8-9-14-32(31)41(37)48/h2,8-9,13-14,16-23H,1,3-7,10-12,15,24-26,44-45H2,(H,49,50). The lowest BCUT2D eigenvalue weighted by molar-refractivity contribution is -0.137. The molecule has 55 heavy (non-hydrogen) atoms. The van der Waals surface area contributed by atoms with E-state index in [0.29, 0.717) is 49.1 Å². The number of anilines is 2. The van der Waals surface area contributed by atoms with Crippen LogP contribution in [0.1, 0.15) is 109 Å². The van der Waals surface area contributed by atoms with E-state index in [9.17, 15) is 29.1 Å². The van der Waals surface area contributed by atoms with Gasteiger partial charge in [-0.05, 0) is 99.0 Å². The van der Waals surface area contributed by atoms with Crippen molar-refractivity contribution in [1.29, 1.82) is 0 Å². The van der Waals surface area contributed by atoms with Crippen LogP contribution in [0, 0.1) is 0 Å². The summed E-state index contributed by atoms with van der Waals surface area (Å²) in [6, 6.07) is 19.8. The molecule has 12 nitrogen and oxygen atoms in total. The summed E-state index contributed by atoms with van der Waals surface area (Å²) < 4.78 is 22.0. The Bertz CT molecular complexity index is 2060. The summed E-state index contributed by atoms with van der Waals surface area (Å²) in [5.41, 5.74) is 13.0. The van der Waals surface area contributed by atoms with E-state index in [1.807, 2.05) is 0 Å². The number of benzene rings is 4. The van der Waals surface area contributed by atoms with Gasteiger partial charge < -0.3 is 35.5 Å². The van der Waals surface area contributed by atoms with Crippen LogP contribution < -0.4 is 25.7 Å². The van der Waals surface area contributed by atoms with Crippen molar-refractivity contribution < 1.29 is 48.0 Å². The van der Waals surface area contributed by atoms with E-state index < -0.39 is 29.5 Å². The molecule has 0 heterocycles. The maximum Gasteiger partial charge on any atom is 0.343 e. The van der Waals surface area contributed by atoms with Gasteiger partial charge in [0, 0.05) is 22.9 Å².